The van der Waals surface area contributed by atoms with E-state index in [4.69, 9.17) is 4.74 Å². The fourth-order valence-electron chi connectivity index (χ4n) is 2.19. The summed E-state index contributed by atoms with van der Waals surface area (Å²) in [5.41, 5.74) is 0. The van der Waals surface area contributed by atoms with Gasteiger partial charge in [-0.15, -0.1) is 0 Å². The molecular weight excluding hydrogens is 228 g/mol. The summed E-state index contributed by atoms with van der Waals surface area (Å²) in [4.78, 5) is 0. The average molecular weight is 260 g/mol. The molecule has 0 rings (SSSR count). The minimum Gasteiger partial charge on any atom is -0.379 e. The zero-order valence-electron chi connectivity index (χ0n) is 11.9. The van der Waals surface area contributed by atoms with Gasteiger partial charge in [-0.25, -0.2) is 0 Å². The Balaban J connectivity index is 3.34. The van der Waals surface area contributed by atoms with Gasteiger partial charge in [-0.05, 0) is 31.9 Å². The second-order valence-electron chi connectivity index (χ2n) is 4.85. The summed E-state index contributed by atoms with van der Waals surface area (Å²) < 4.78 is 5.76. The second kappa shape index (κ2) is 14.4. The van der Waals surface area contributed by atoms with Crippen molar-refractivity contribution in [3.63, 3.8) is 0 Å². The molecule has 2 heteroatoms. The van der Waals surface area contributed by atoms with E-state index in [-0.39, 0.29) is 0 Å². The van der Waals surface area contributed by atoms with Crippen molar-refractivity contribution in [3.05, 3.63) is 0 Å². The third kappa shape index (κ3) is 12.6. The molecule has 1 nitrogen and oxygen atoms in total. The summed E-state index contributed by atoms with van der Waals surface area (Å²) in [5, 5.41) is 0. The Morgan fingerprint density at radius 1 is 0.824 bits per heavy atom. The van der Waals surface area contributed by atoms with Gasteiger partial charge in [0.15, 0.2) is 0 Å². The number of hydrogen-bond acceptors (Lipinski definition) is 2. The van der Waals surface area contributed by atoms with Crippen molar-refractivity contribution in [3.8, 4) is 0 Å². The number of unbranched alkanes of at least 4 members (excludes halogenated alkanes) is 6. The zero-order valence-corrected chi connectivity index (χ0v) is 12.8. The van der Waals surface area contributed by atoms with Crippen LogP contribution in [-0.4, -0.2) is 18.5 Å². The highest BCUT2D eigenvalue weighted by molar-refractivity contribution is 7.80. The van der Waals surface area contributed by atoms with E-state index in [2.05, 4.69) is 26.5 Å². The van der Waals surface area contributed by atoms with E-state index in [9.17, 15) is 0 Å². The van der Waals surface area contributed by atoms with E-state index in [0.29, 0.717) is 6.10 Å². The first-order chi connectivity index (χ1) is 8.35. The van der Waals surface area contributed by atoms with Gasteiger partial charge < -0.3 is 4.74 Å². The molecule has 17 heavy (non-hydrogen) atoms. The lowest BCUT2D eigenvalue weighted by molar-refractivity contribution is 0.0486. The first kappa shape index (κ1) is 17.3. The molecule has 0 fully saturated rings. The average Bonchev–Trinajstić information content (AvgIpc) is 2.34. The first-order valence-electron chi connectivity index (χ1n) is 7.57. The molecule has 0 spiro atoms. The molecule has 0 bridgehead atoms. The van der Waals surface area contributed by atoms with Crippen molar-refractivity contribution >= 4 is 12.6 Å². The molecule has 104 valence electrons. The van der Waals surface area contributed by atoms with Gasteiger partial charge in [0, 0.05) is 6.61 Å². The molecular formula is C15H32OS. The summed E-state index contributed by atoms with van der Waals surface area (Å²) in [7, 11) is 0. The maximum absolute atomic E-state index is 5.76. The van der Waals surface area contributed by atoms with Crippen molar-refractivity contribution in [2.75, 3.05) is 12.4 Å². The van der Waals surface area contributed by atoms with Gasteiger partial charge in [0.05, 0.1) is 6.10 Å². The van der Waals surface area contributed by atoms with Crippen molar-refractivity contribution in [1.29, 1.82) is 0 Å². The minimum absolute atomic E-state index is 0.489. The molecule has 0 aliphatic heterocycles. The Labute approximate surface area is 114 Å². The quantitative estimate of drug-likeness (QED) is 0.352. The van der Waals surface area contributed by atoms with E-state index in [1.165, 1.54) is 64.2 Å². The van der Waals surface area contributed by atoms with Crippen LogP contribution in [0.1, 0.15) is 78.1 Å². The molecule has 0 radical (unpaired) electrons. The molecule has 0 aliphatic rings. The molecule has 0 aromatic rings. The Hall–Kier alpha value is 0.310. The predicted molar refractivity (Wildman–Crippen MR) is 81.1 cm³/mol. The Morgan fingerprint density at radius 2 is 1.41 bits per heavy atom. The second-order valence-corrected chi connectivity index (χ2v) is 5.30. The largest absolute Gasteiger partial charge is 0.379 e. The summed E-state index contributed by atoms with van der Waals surface area (Å²) in [6.07, 6.45) is 13.8. The third-order valence-corrected chi connectivity index (χ3v) is 3.53. The summed E-state index contributed by atoms with van der Waals surface area (Å²) in [6.45, 7) is 5.22. The van der Waals surface area contributed by atoms with E-state index < -0.39 is 0 Å². The van der Waals surface area contributed by atoms with Gasteiger partial charge in [0.25, 0.3) is 0 Å². The first-order valence-corrected chi connectivity index (χ1v) is 8.20. The van der Waals surface area contributed by atoms with E-state index in [1.54, 1.807) is 0 Å². The number of rotatable bonds is 13. The Kier molecular flexibility index (Phi) is 14.6. The van der Waals surface area contributed by atoms with Crippen molar-refractivity contribution < 1.29 is 4.74 Å². The maximum Gasteiger partial charge on any atom is 0.0575 e. The van der Waals surface area contributed by atoms with Gasteiger partial charge in [0.2, 0.25) is 0 Å². The number of hydrogen-bond donors (Lipinski definition) is 1. The SMILES string of the molecule is CCCCCCCCCC(CCCS)OCC. The van der Waals surface area contributed by atoms with Crippen LogP contribution >= 0.6 is 12.6 Å². The molecule has 0 amide bonds. The highest BCUT2D eigenvalue weighted by atomic mass is 32.1. The molecule has 0 saturated carbocycles. The van der Waals surface area contributed by atoms with Gasteiger partial charge in [-0.3, -0.25) is 0 Å². The van der Waals surface area contributed by atoms with E-state index in [1.807, 2.05) is 0 Å². The Morgan fingerprint density at radius 3 is 2.00 bits per heavy atom. The highest BCUT2D eigenvalue weighted by Crippen LogP contribution is 2.14. The smallest absolute Gasteiger partial charge is 0.0575 e. The van der Waals surface area contributed by atoms with Crippen LogP contribution in [0.5, 0.6) is 0 Å². The molecule has 0 aliphatic carbocycles. The van der Waals surface area contributed by atoms with Crippen molar-refractivity contribution in [1.82, 2.24) is 0 Å². The minimum atomic E-state index is 0.489. The Bertz CT molecular complexity index is 139. The molecule has 0 aromatic heterocycles. The molecule has 0 saturated heterocycles. The van der Waals surface area contributed by atoms with E-state index in [0.717, 1.165) is 12.4 Å². The standard InChI is InChI=1S/C15H32OS/c1-3-5-6-7-8-9-10-12-15(16-4-2)13-11-14-17/h15,17H,3-14H2,1-2H3. The van der Waals surface area contributed by atoms with Gasteiger partial charge in [-0.1, -0.05) is 51.9 Å². The van der Waals surface area contributed by atoms with Crippen LogP contribution in [0.2, 0.25) is 0 Å². The third-order valence-electron chi connectivity index (χ3n) is 3.22. The maximum atomic E-state index is 5.76. The predicted octanol–water partition coefficient (Wildman–Crippen LogP) is 5.24. The molecule has 0 N–H and O–H groups in total. The van der Waals surface area contributed by atoms with Crippen LogP contribution in [0, 0.1) is 0 Å². The number of thiol groups is 1. The summed E-state index contributed by atoms with van der Waals surface area (Å²) in [5.74, 6) is 0.987. The zero-order chi connectivity index (χ0) is 12.8. The van der Waals surface area contributed by atoms with Gasteiger partial charge >= 0.3 is 0 Å². The summed E-state index contributed by atoms with van der Waals surface area (Å²) >= 11 is 4.26. The normalized spacial score (nSPS) is 12.9. The van der Waals surface area contributed by atoms with Crippen LogP contribution in [0.15, 0.2) is 0 Å². The van der Waals surface area contributed by atoms with Crippen LogP contribution in [0.3, 0.4) is 0 Å². The summed E-state index contributed by atoms with van der Waals surface area (Å²) in [6, 6.07) is 0. The number of ether oxygens (including phenoxy) is 1. The van der Waals surface area contributed by atoms with Gasteiger partial charge in [-0.2, -0.15) is 12.6 Å². The van der Waals surface area contributed by atoms with Crippen molar-refractivity contribution in [2.45, 2.75) is 84.2 Å². The van der Waals surface area contributed by atoms with E-state index >= 15 is 0 Å². The fourth-order valence-corrected chi connectivity index (χ4v) is 2.38. The molecule has 0 heterocycles. The molecule has 1 unspecified atom stereocenters. The van der Waals surface area contributed by atoms with Crippen LogP contribution in [0.25, 0.3) is 0 Å². The van der Waals surface area contributed by atoms with Crippen LogP contribution < -0.4 is 0 Å². The lowest BCUT2D eigenvalue weighted by atomic mass is 10.0. The monoisotopic (exact) mass is 260 g/mol. The van der Waals surface area contributed by atoms with Crippen LogP contribution in [0.4, 0.5) is 0 Å². The highest BCUT2D eigenvalue weighted by Gasteiger charge is 2.07. The lowest BCUT2D eigenvalue weighted by Crippen LogP contribution is -2.13. The van der Waals surface area contributed by atoms with Gasteiger partial charge in [0.1, 0.15) is 0 Å². The van der Waals surface area contributed by atoms with Crippen LogP contribution in [-0.2, 0) is 4.74 Å². The fraction of sp³-hybridized carbons (Fsp3) is 1.00. The molecule has 1 atom stereocenters. The topological polar surface area (TPSA) is 9.23 Å². The molecule has 0 aromatic carbocycles. The lowest BCUT2D eigenvalue weighted by Gasteiger charge is -2.16. The van der Waals surface area contributed by atoms with Crippen molar-refractivity contribution in [2.24, 2.45) is 0 Å².